The second-order valence-corrected chi connectivity index (χ2v) is 10.6. The molecular weight excluding hydrogens is 530 g/mol. The van der Waals surface area contributed by atoms with Gasteiger partial charge in [0.2, 0.25) is 5.91 Å². The maximum absolute atomic E-state index is 12.8. The first-order valence-electron chi connectivity index (χ1n) is 13.9. The second-order valence-electron chi connectivity index (χ2n) is 10.6. The van der Waals surface area contributed by atoms with Gasteiger partial charge >= 0.3 is 0 Å². The van der Waals surface area contributed by atoms with Gasteiger partial charge in [0.15, 0.2) is 23.1 Å². The van der Waals surface area contributed by atoms with Crippen molar-refractivity contribution in [2.45, 2.75) is 31.3 Å². The summed E-state index contributed by atoms with van der Waals surface area (Å²) in [5.74, 6) is 1.54. The molecule has 11 heteroatoms. The van der Waals surface area contributed by atoms with Gasteiger partial charge in [-0.1, -0.05) is 12.6 Å². The van der Waals surface area contributed by atoms with Crippen LogP contribution in [-0.4, -0.2) is 65.0 Å². The standard InChI is InChI=1S/C31H29N9O2/c1-2-28(42)38-16-12-24(26(41)18-38)35-23-9-6-19-17-20(7-8-21(19)23)40-30(22-5-3-13-33-29(22)32)36-25-10-11-27(37-31(25)40)39-15-4-14-34-39/h2-5,7-8,10-11,13-15,17,23-24,35H,1,6,9,12,16,18H2,(H2,32,33). The molecule has 3 N–H and O–H groups in total. The van der Waals surface area contributed by atoms with Gasteiger partial charge in [-0.25, -0.2) is 19.6 Å². The average Bonchev–Trinajstić information content (AvgIpc) is 3.76. The predicted octanol–water partition coefficient (Wildman–Crippen LogP) is 3.18. The number of nitrogens with two attached hydrogens (primary N) is 1. The van der Waals surface area contributed by atoms with Crippen molar-refractivity contribution >= 4 is 28.7 Å². The van der Waals surface area contributed by atoms with Crippen LogP contribution in [-0.2, 0) is 16.0 Å². The number of aromatic nitrogens is 6. The number of piperidine rings is 1. The number of rotatable bonds is 6. The lowest BCUT2D eigenvalue weighted by Gasteiger charge is -2.32. The van der Waals surface area contributed by atoms with Crippen LogP contribution < -0.4 is 11.1 Å². The van der Waals surface area contributed by atoms with Crippen LogP contribution in [0.25, 0.3) is 34.1 Å². The summed E-state index contributed by atoms with van der Waals surface area (Å²) in [7, 11) is 0. The zero-order valence-corrected chi connectivity index (χ0v) is 22.8. The first-order chi connectivity index (χ1) is 20.5. The number of Topliss-reactive ketones (excluding diaryl/α,β-unsaturated/α-hetero) is 1. The Morgan fingerprint density at radius 3 is 2.76 bits per heavy atom. The quantitative estimate of drug-likeness (QED) is 0.303. The lowest BCUT2D eigenvalue weighted by molar-refractivity contribution is -0.135. The van der Waals surface area contributed by atoms with Gasteiger partial charge in [-0.2, -0.15) is 5.10 Å². The van der Waals surface area contributed by atoms with Crippen molar-refractivity contribution < 1.29 is 9.59 Å². The van der Waals surface area contributed by atoms with Crippen molar-refractivity contribution in [2.75, 3.05) is 18.8 Å². The van der Waals surface area contributed by atoms with Gasteiger partial charge in [-0.3, -0.25) is 14.2 Å². The van der Waals surface area contributed by atoms with Crippen LogP contribution >= 0.6 is 0 Å². The van der Waals surface area contributed by atoms with Gasteiger partial charge in [0.25, 0.3) is 0 Å². The van der Waals surface area contributed by atoms with E-state index < -0.39 is 0 Å². The number of pyridine rings is 2. The van der Waals surface area contributed by atoms with E-state index in [0.717, 1.165) is 29.6 Å². The highest BCUT2D eigenvalue weighted by atomic mass is 16.2. The van der Waals surface area contributed by atoms with Gasteiger partial charge < -0.3 is 16.0 Å². The Balaban J connectivity index is 1.24. The summed E-state index contributed by atoms with van der Waals surface area (Å²) in [5.41, 5.74) is 11.7. The number of fused-ring (bicyclic) bond motifs is 2. The van der Waals surface area contributed by atoms with E-state index in [2.05, 4.69) is 40.2 Å². The number of nitrogens with one attached hydrogen (secondary N) is 1. The number of aryl methyl sites for hydroxylation is 1. The number of imidazole rings is 1. The summed E-state index contributed by atoms with van der Waals surface area (Å²) < 4.78 is 3.74. The number of anilines is 1. The molecule has 0 bridgehead atoms. The molecule has 0 spiro atoms. The third kappa shape index (κ3) is 4.44. The van der Waals surface area contributed by atoms with Gasteiger partial charge in [0.05, 0.1) is 18.2 Å². The van der Waals surface area contributed by atoms with E-state index in [1.165, 1.54) is 17.2 Å². The second kappa shape index (κ2) is 10.3. The minimum atomic E-state index is -0.280. The maximum Gasteiger partial charge on any atom is 0.246 e. The van der Waals surface area contributed by atoms with E-state index in [0.29, 0.717) is 36.1 Å². The van der Waals surface area contributed by atoms with Crippen LogP contribution in [0.15, 0.2) is 79.8 Å². The highest BCUT2D eigenvalue weighted by Gasteiger charge is 2.33. The van der Waals surface area contributed by atoms with Gasteiger partial charge in [0, 0.05) is 36.9 Å². The number of nitrogen functional groups attached to an aromatic ring is 1. The number of benzene rings is 1. The average molecular weight is 560 g/mol. The van der Waals surface area contributed by atoms with Crippen LogP contribution in [0.1, 0.15) is 30.0 Å². The van der Waals surface area contributed by atoms with Crippen molar-refractivity contribution in [1.29, 1.82) is 0 Å². The van der Waals surface area contributed by atoms with Gasteiger partial charge in [-0.15, -0.1) is 0 Å². The van der Waals surface area contributed by atoms with Crippen molar-refractivity contribution in [2.24, 2.45) is 0 Å². The molecule has 11 nitrogen and oxygen atoms in total. The van der Waals surface area contributed by atoms with E-state index in [1.54, 1.807) is 22.0 Å². The van der Waals surface area contributed by atoms with Crippen molar-refractivity contribution in [1.82, 2.24) is 39.5 Å². The molecule has 2 atom stereocenters. The summed E-state index contributed by atoms with van der Waals surface area (Å²) >= 11 is 0. The largest absolute Gasteiger partial charge is 0.383 e. The van der Waals surface area contributed by atoms with Crippen molar-refractivity contribution in [3.8, 4) is 22.9 Å². The Labute approximate surface area is 241 Å². The zero-order valence-electron chi connectivity index (χ0n) is 22.8. The number of hydrogen-bond donors (Lipinski definition) is 2. The van der Waals surface area contributed by atoms with Crippen LogP contribution in [0.5, 0.6) is 0 Å². The molecule has 210 valence electrons. The topological polar surface area (TPSA) is 137 Å². The molecule has 1 aromatic carbocycles. The summed E-state index contributed by atoms with van der Waals surface area (Å²) in [5, 5.41) is 7.91. The molecule has 5 heterocycles. The summed E-state index contributed by atoms with van der Waals surface area (Å²) in [6.07, 6.45) is 8.82. The lowest BCUT2D eigenvalue weighted by atomic mass is 10.00. The minimum Gasteiger partial charge on any atom is -0.383 e. The fraction of sp³-hybridized carbons (Fsp3) is 0.226. The molecule has 2 aliphatic rings. The highest BCUT2D eigenvalue weighted by Crippen LogP contribution is 2.36. The Morgan fingerprint density at radius 1 is 1.07 bits per heavy atom. The number of nitrogens with zero attached hydrogens (tertiary/aromatic N) is 7. The van der Waals surface area contributed by atoms with E-state index in [1.807, 2.05) is 41.1 Å². The van der Waals surface area contributed by atoms with Crippen LogP contribution in [0.4, 0.5) is 5.82 Å². The molecule has 2 unspecified atom stereocenters. The summed E-state index contributed by atoms with van der Waals surface area (Å²) in [4.78, 5) is 40.5. The number of likely N-dealkylation sites (tertiary alicyclic amines) is 1. The van der Waals surface area contributed by atoms with Crippen LogP contribution in [0, 0.1) is 0 Å². The molecule has 1 amide bonds. The Bertz CT molecular complexity index is 1840. The minimum absolute atomic E-state index is 0.0316. The van der Waals surface area contributed by atoms with Crippen LogP contribution in [0.2, 0.25) is 0 Å². The van der Waals surface area contributed by atoms with Gasteiger partial charge in [0.1, 0.15) is 11.3 Å². The molecule has 1 fully saturated rings. The third-order valence-electron chi connectivity index (χ3n) is 8.08. The number of carbonyl (C=O) groups is 2. The molecule has 42 heavy (non-hydrogen) atoms. The predicted molar refractivity (Wildman–Crippen MR) is 158 cm³/mol. The monoisotopic (exact) mass is 559 g/mol. The summed E-state index contributed by atoms with van der Waals surface area (Å²) in [6.45, 7) is 4.18. The zero-order chi connectivity index (χ0) is 28.8. The Kier molecular flexibility index (Phi) is 6.35. The normalized spacial score (nSPS) is 18.4. The van der Waals surface area contributed by atoms with Gasteiger partial charge in [-0.05, 0) is 78.9 Å². The third-order valence-corrected chi connectivity index (χ3v) is 8.08. The number of hydrogen-bond acceptors (Lipinski definition) is 8. The van der Waals surface area contributed by atoms with E-state index in [9.17, 15) is 9.59 Å². The van der Waals surface area contributed by atoms with Crippen LogP contribution in [0.3, 0.4) is 0 Å². The molecule has 4 aromatic heterocycles. The molecule has 0 radical (unpaired) electrons. The van der Waals surface area contributed by atoms with Crippen molar-refractivity contribution in [3.05, 3.63) is 90.9 Å². The number of carbonyl (C=O) groups excluding carboxylic acids is 2. The number of amides is 1. The summed E-state index contributed by atoms with van der Waals surface area (Å²) in [6, 6.07) is 15.6. The molecule has 7 rings (SSSR count). The van der Waals surface area contributed by atoms with E-state index in [-0.39, 0.29) is 30.3 Å². The van der Waals surface area contributed by atoms with E-state index >= 15 is 0 Å². The first-order valence-corrected chi connectivity index (χ1v) is 13.9. The molecule has 1 saturated heterocycles. The number of ketones is 1. The maximum atomic E-state index is 12.8. The van der Waals surface area contributed by atoms with Crippen molar-refractivity contribution in [3.63, 3.8) is 0 Å². The molecule has 1 aliphatic carbocycles. The first kappa shape index (κ1) is 25.8. The van der Waals surface area contributed by atoms with E-state index in [4.69, 9.17) is 15.7 Å². The molecular formula is C31H29N9O2. The lowest BCUT2D eigenvalue weighted by Crippen LogP contribution is -2.51. The highest BCUT2D eigenvalue weighted by molar-refractivity contribution is 5.94. The fourth-order valence-electron chi connectivity index (χ4n) is 5.99. The Morgan fingerprint density at radius 2 is 1.98 bits per heavy atom. The SMILES string of the molecule is C=CC(=O)N1CCC(NC2CCc3cc(-n4c(-c5cccnc5N)nc5ccc(-n6cccn6)nc54)ccc32)C(=O)C1. The Hall–Kier alpha value is -5.16. The fourth-order valence-corrected chi connectivity index (χ4v) is 5.99. The smallest absolute Gasteiger partial charge is 0.246 e. The molecule has 0 saturated carbocycles. The molecule has 1 aliphatic heterocycles. The molecule has 5 aromatic rings.